The van der Waals surface area contributed by atoms with Gasteiger partial charge in [0.05, 0.1) is 27.6 Å². The van der Waals surface area contributed by atoms with Crippen molar-refractivity contribution in [3.05, 3.63) is 58.5 Å². The maximum atomic E-state index is 12.3. The largest absolute Gasteiger partial charge is 0.464 e. The van der Waals surface area contributed by atoms with E-state index in [1.165, 1.54) is 18.7 Å². The molecule has 0 radical (unpaired) electrons. The lowest BCUT2D eigenvalue weighted by Crippen LogP contribution is -2.13. The number of pyridine rings is 1. The zero-order valence-corrected chi connectivity index (χ0v) is 11.6. The van der Waals surface area contributed by atoms with E-state index in [-0.39, 0.29) is 16.0 Å². The highest BCUT2D eigenvalue weighted by Crippen LogP contribution is 2.29. The van der Waals surface area contributed by atoms with Crippen molar-refractivity contribution in [2.45, 2.75) is 0 Å². The van der Waals surface area contributed by atoms with Crippen LogP contribution >= 0.6 is 23.2 Å². The summed E-state index contributed by atoms with van der Waals surface area (Å²) < 4.78 is 5.26. The Labute approximate surface area is 124 Å². The fourth-order valence-corrected chi connectivity index (χ4v) is 2.36. The molecule has 3 aromatic rings. The summed E-state index contributed by atoms with van der Waals surface area (Å²) in [5, 5.41) is 3.99. The average molecular weight is 307 g/mol. The van der Waals surface area contributed by atoms with Crippen LogP contribution in [0.1, 0.15) is 10.4 Å². The minimum Gasteiger partial charge on any atom is -0.464 e. The third-order valence-electron chi connectivity index (χ3n) is 2.83. The van der Waals surface area contributed by atoms with Crippen molar-refractivity contribution in [2.75, 3.05) is 5.32 Å². The number of anilines is 1. The molecule has 100 valence electrons. The first-order chi connectivity index (χ1) is 9.66. The second-order valence-corrected chi connectivity index (χ2v) is 4.88. The lowest BCUT2D eigenvalue weighted by molar-refractivity contribution is 0.102. The lowest BCUT2D eigenvalue weighted by atomic mass is 10.1. The number of carbonyl (C=O) groups is 1. The van der Waals surface area contributed by atoms with E-state index >= 15 is 0 Å². The van der Waals surface area contributed by atoms with Crippen LogP contribution in [0.15, 0.2) is 47.3 Å². The van der Waals surface area contributed by atoms with E-state index in [4.69, 9.17) is 27.6 Å². The second-order valence-electron chi connectivity index (χ2n) is 4.07. The van der Waals surface area contributed by atoms with E-state index in [9.17, 15) is 4.79 Å². The van der Waals surface area contributed by atoms with E-state index in [0.717, 1.165) is 5.39 Å². The van der Waals surface area contributed by atoms with Crippen molar-refractivity contribution >= 4 is 45.8 Å². The highest BCUT2D eigenvalue weighted by molar-refractivity contribution is 6.39. The van der Waals surface area contributed by atoms with Gasteiger partial charge in [0.1, 0.15) is 5.58 Å². The zero-order valence-electron chi connectivity index (χ0n) is 10.1. The Morgan fingerprint density at radius 3 is 2.65 bits per heavy atom. The number of aromatic nitrogens is 1. The second kappa shape index (κ2) is 5.15. The molecular weight excluding hydrogens is 299 g/mol. The molecule has 1 aromatic carbocycles. The first-order valence-corrected chi connectivity index (χ1v) is 6.49. The molecule has 3 rings (SSSR count). The van der Waals surface area contributed by atoms with Gasteiger partial charge in [0.15, 0.2) is 0 Å². The van der Waals surface area contributed by atoms with Crippen LogP contribution in [0, 0.1) is 0 Å². The Bertz CT molecular complexity index is 778. The summed E-state index contributed by atoms with van der Waals surface area (Å²) in [6.45, 7) is 0. The normalized spacial score (nSPS) is 10.7. The van der Waals surface area contributed by atoms with E-state index < -0.39 is 0 Å². The maximum Gasteiger partial charge on any atom is 0.256 e. The predicted molar refractivity (Wildman–Crippen MR) is 78.4 cm³/mol. The van der Waals surface area contributed by atoms with Crippen LogP contribution in [0.3, 0.4) is 0 Å². The molecule has 0 spiro atoms. The van der Waals surface area contributed by atoms with Crippen LogP contribution in [0.4, 0.5) is 5.69 Å². The number of hydrogen-bond acceptors (Lipinski definition) is 3. The van der Waals surface area contributed by atoms with Crippen molar-refractivity contribution in [3.8, 4) is 0 Å². The van der Waals surface area contributed by atoms with Gasteiger partial charge in [0, 0.05) is 17.8 Å². The molecular formula is C14H8Cl2N2O2. The molecule has 4 nitrogen and oxygen atoms in total. The highest BCUT2D eigenvalue weighted by atomic mass is 35.5. The topological polar surface area (TPSA) is 55.1 Å². The molecule has 0 fully saturated rings. The third kappa shape index (κ3) is 2.24. The van der Waals surface area contributed by atoms with Crippen molar-refractivity contribution in [3.63, 3.8) is 0 Å². The number of benzene rings is 1. The molecule has 1 N–H and O–H groups in total. The van der Waals surface area contributed by atoms with Gasteiger partial charge in [-0.15, -0.1) is 0 Å². The van der Waals surface area contributed by atoms with Gasteiger partial charge in [-0.25, -0.2) is 0 Å². The molecule has 2 aromatic heterocycles. The van der Waals surface area contributed by atoms with Gasteiger partial charge in [0.2, 0.25) is 0 Å². The van der Waals surface area contributed by atoms with E-state index in [2.05, 4.69) is 10.3 Å². The Hall–Kier alpha value is -2.04. The number of furan rings is 1. The van der Waals surface area contributed by atoms with Crippen LogP contribution < -0.4 is 5.32 Å². The number of nitrogens with zero attached hydrogens (tertiary/aromatic N) is 1. The molecule has 0 aliphatic rings. The Balaban J connectivity index is 2.00. The fourth-order valence-electron chi connectivity index (χ4n) is 1.90. The van der Waals surface area contributed by atoms with Gasteiger partial charge in [-0.1, -0.05) is 29.3 Å². The van der Waals surface area contributed by atoms with E-state index in [1.807, 2.05) is 0 Å². The first-order valence-electron chi connectivity index (χ1n) is 5.73. The number of hydrogen-bond donors (Lipinski definition) is 1. The SMILES string of the molecule is O=C(Nc1c(Cl)cncc1Cl)c1cccc2occc12. The van der Waals surface area contributed by atoms with Crippen molar-refractivity contribution in [1.29, 1.82) is 0 Å². The summed E-state index contributed by atoms with van der Waals surface area (Å²) in [5.41, 5.74) is 1.47. The standard InChI is InChI=1S/C14H8Cl2N2O2/c15-10-6-17-7-11(16)13(10)18-14(19)9-2-1-3-12-8(9)4-5-20-12/h1-7H,(H,17,18,19). The molecule has 6 heteroatoms. The summed E-state index contributed by atoms with van der Waals surface area (Å²) >= 11 is 12.0. The predicted octanol–water partition coefficient (Wildman–Crippen LogP) is 4.39. The molecule has 0 saturated carbocycles. The van der Waals surface area contributed by atoms with Gasteiger partial charge < -0.3 is 9.73 Å². The van der Waals surface area contributed by atoms with Gasteiger partial charge in [-0.05, 0) is 18.2 Å². The van der Waals surface area contributed by atoms with E-state index in [0.29, 0.717) is 16.8 Å². The summed E-state index contributed by atoms with van der Waals surface area (Å²) in [6, 6.07) is 6.98. The number of amides is 1. The smallest absolute Gasteiger partial charge is 0.256 e. The maximum absolute atomic E-state index is 12.3. The molecule has 0 aliphatic carbocycles. The quantitative estimate of drug-likeness (QED) is 0.764. The number of nitrogens with one attached hydrogen (secondary N) is 1. The molecule has 0 atom stereocenters. The van der Waals surface area contributed by atoms with Crippen molar-refractivity contribution in [1.82, 2.24) is 4.98 Å². The van der Waals surface area contributed by atoms with Gasteiger partial charge in [0.25, 0.3) is 5.91 Å². The number of carbonyl (C=O) groups excluding carboxylic acids is 1. The first kappa shape index (κ1) is 13.0. The van der Waals surface area contributed by atoms with Crippen LogP contribution in [0.2, 0.25) is 10.0 Å². The average Bonchev–Trinajstić information content (AvgIpc) is 2.91. The molecule has 20 heavy (non-hydrogen) atoms. The van der Waals surface area contributed by atoms with Crippen molar-refractivity contribution in [2.24, 2.45) is 0 Å². The summed E-state index contributed by atoms with van der Waals surface area (Å²) in [5.74, 6) is -0.313. The molecule has 1 amide bonds. The molecule has 0 saturated heterocycles. The van der Waals surface area contributed by atoms with Gasteiger partial charge in [-0.2, -0.15) is 0 Å². The van der Waals surface area contributed by atoms with Gasteiger partial charge in [-0.3, -0.25) is 9.78 Å². The van der Waals surface area contributed by atoms with Crippen LogP contribution in [0.25, 0.3) is 11.0 Å². The minimum atomic E-state index is -0.313. The summed E-state index contributed by atoms with van der Waals surface area (Å²) in [7, 11) is 0. The van der Waals surface area contributed by atoms with E-state index in [1.54, 1.807) is 24.3 Å². The zero-order chi connectivity index (χ0) is 14.1. The Morgan fingerprint density at radius 2 is 1.90 bits per heavy atom. The molecule has 0 aliphatic heterocycles. The Kier molecular flexibility index (Phi) is 3.34. The number of halogens is 2. The van der Waals surface area contributed by atoms with Crippen LogP contribution in [-0.4, -0.2) is 10.9 Å². The minimum absolute atomic E-state index is 0.283. The van der Waals surface area contributed by atoms with Crippen LogP contribution in [-0.2, 0) is 0 Å². The molecule has 0 unspecified atom stereocenters. The summed E-state index contributed by atoms with van der Waals surface area (Å²) in [4.78, 5) is 16.2. The highest BCUT2D eigenvalue weighted by Gasteiger charge is 2.15. The van der Waals surface area contributed by atoms with Crippen molar-refractivity contribution < 1.29 is 9.21 Å². The van der Waals surface area contributed by atoms with Gasteiger partial charge >= 0.3 is 0 Å². The molecule has 2 heterocycles. The summed E-state index contributed by atoms with van der Waals surface area (Å²) in [6.07, 6.45) is 4.37. The third-order valence-corrected chi connectivity index (χ3v) is 3.41. The van der Waals surface area contributed by atoms with Crippen LogP contribution in [0.5, 0.6) is 0 Å². The number of fused-ring (bicyclic) bond motifs is 1. The fraction of sp³-hybridized carbons (Fsp3) is 0. The number of rotatable bonds is 2. The lowest BCUT2D eigenvalue weighted by Gasteiger charge is -2.09. The Morgan fingerprint density at radius 1 is 1.15 bits per heavy atom. The molecule has 0 bridgehead atoms. The monoisotopic (exact) mass is 306 g/mol.